The molecule has 0 radical (unpaired) electrons. The van der Waals surface area contributed by atoms with E-state index in [4.69, 9.17) is 10.6 Å². The highest BCUT2D eigenvalue weighted by atomic mass is 16.5. The first kappa shape index (κ1) is 14.2. The molecule has 0 bridgehead atoms. The van der Waals surface area contributed by atoms with Gasteiger partial charge in [-0.3, -0.25) is 0 Å². The Hall–Kier alpha value is -2.21. The van der Waals surface area contributed by atoms with Gasteiger partial charge in [0, 0.05) is 17.8 Å². The van der Waals surface area contributed by atoms with E-state index in [2.05, 4.69) is 34.2 Å². The number of hydrogen-bond donors (Lipinski definition) is 2. The van der Waals surface area contributed by atoms with Crippen LogP contribution in [0.3, 0.4) is 0 Å². The summed E-state index contributed by atoms with van der Waals surface area (Å²) in [6.45, 7) is 4.28. The highest BCUT2D eigenvalue weighted by molar-refractivity contribution is 5.53. The fourth-order valence-corrected chi connectivity index (χ4v) is 1.86. The van der Waals surface area contributed by atoms with E-state index in [0.29, 0.717) is 29.1 Å². The smallest absolute Gasteiger partial charge is 0.213 e. The second kappa shape index (κ2) is 6.29. The number of hydrazine groups is 1. The number of methoxy groups -OCH3 is 1. The van der Waals surface area contributed by atoms with Gasteiger partial charge >= 0.3 is 0 Å². The van der Waals surface area contributed by atoms with Crippen LogP contribution < -0.4 is 16.0 Å². The van der Waals surface area contributed by atoms with Crippen LogP contribution in [0.2, 0.25) is 0 Å². The number of ether oxygens (including phenoxy) is 1. The normalized spacial score (nSPS) is 10.7. The maximum Gasteiger partial charge on any atom is 0.213 e. The van der Waals surface area contributed by atoms with Crippen molar-refractivity contribution in [3.05, 3.63) is 30.0 Å². The molecule has 0 saturated heterocycles. The lowest BCUT2D eigenvalue weighted by Crippen LogP contribution is -2.11. The van der Waals surface area contributed by atoms with Crippen molar-refractivity contribution in [2.24, 2.45) is 11.8 Å². The van der Waals surface area contributed by atoms with E-state index < -0.39 is 0 Å². The molecule has 0 aromatic carbocycles. The predicted octanol–water partition coefficient (Wildman–Crippen LogP) is 2.03. The van der Waals surface area contributed by atoms with Crippen LogP contribution in [0.1, 0.15) is 19.5 Å². The second-order valence-corrected chi connectivity index (χ2v) is 4.88. The summed E-state index contributed by atoms with van der Waals surface area (Å²) in [7, 11) is 1.58. The number of aromatic nitrogens is 3. The zero-order valence-electron chi connectivity index (χ0n) is 11.9. The number of nitrogens with two attached hydrogens (primary N) is 1. The van der Waals surface area contributed by atoms with Crippen molar-refractivity contribution in [1.29, 1.82) is 0 Å². The quantitative estimate of drug-likeness (QED) is 0.640. The van der Waals surface area contributed by atoms with E-state index in [1.54, 1.807) is 13.2 Å². The Morgan fingerprint density at radius 1 is 1.25 bits per heavy atom. The molecule has 106 valence electrons. The molecule has 0 saturated carbocycles. The summed E-state index contributed by atoms with van der Waals surface area (Å²) in [4.78, 5) is 13.2. The Balaban J connectivity index is 2.43. The minimum atomic E-state index is 0.502. The molecule has 2 aromatic heterocycles. The third-order valence-corrected chi connectivity index (χ3v) is 2.71. The van der Waals surface area contributed by atoms with Crippen molar-refractivity contribution < 1.29 is 4.74 Å². The number of anilines is 1. The van der Waals surface area contributed by atoms with Crippen molar-refractivity contribution in [2.75, 3.05) is 12.5 Å². The first-order chi connectivity index (χ1) is 9.62. The van der Waals surface area contributed by atoms with Gasteiger partial charge in [0.05, 0.1) is 7.11 Å². The molecule has 2 heterocycles. The molecule has 3 N–H and O–H groups in total. The standard InChI is InChI=1S/C14H19N5O/c1-9(2)7-10-8-12(19-15)18-14(16-10)11-5-4-6-13(17-11)20-3/h4-6,8-9H,7,15H2,1-3H3,(H,16,18,19). The summed E-state index contributed by atoms with van der Waals surface area (Å²) in [5.74, 6) is 7.61. The SMILES string of the molecule is COc1cccc(-c2nc(CC(C)C)cc(NN)n2)n1. The van der Waals surface area contributed by atoms with Crippen molar-refractivity contribution in [1.82, 2.24) is 15.0 Å². The van der Waals surface area contributed by atoms with Crippen LogP contribution in [0, 0.1) is 5.92 Å². The molecule has 0 atom stereocenters. The van der Waals surface area contributed by atoms with E-state index >= 15 is 0 Å². The molecule has 20 heavy (non-hydrogen) atoms. The number of hydrogen-bond acceptors (Lipinski definition) is 6. The Morgan fingerprint density at radius 2 is 2.05 bits per heavy atom. The van der Waals surface area contributed by atoms with Gasteiger partial charge < -0.3 is 10.2 Å². The molecule has 2 aromatic rings. The van der Waals surface area contributed by atoms with Crippen LogP contribution in [0.25, 0.3) is 11.5 Å². The number of nitrogens with zero attached hydrogens (tertiary/aromatic N) is 3. The molecule has 2 rings (SSSR count). The topological polar surface area (TPSA) is 86.0 Å². The summed E-state index contributed by atoms with van der Waals surface area (Å²) >= 11 is 0. The maximum absolute atomic E-state index is 5.47. The Kier molecular flexibility index (Phi) is 4.47. The molecule has 0 fully saturated rings. The molecule has 0 amide bonds. The largest absolute Gasteiger partial charge is 0.481 e. The van der Waals surface area contributed by atoms with Gasteiger partial charge in [0.1, 0.15) is 11.5 Å². The summed E-state index contributed by atoms with van der Waals surface area (Å²) in [6, 6.07) is 7.33. The molecular weight excluding hydrogens is 254 g/mol. The highest BCUT2D eigenvalue weighted by Crippen LogP contribution is 2.19. The van der Waals surface area contributed by atoms with Gasteiger partial charge in [0.15, 0.2) is 5.82 Å². The number of pyridine rings is 1. The molecule has 6 heteroatoms. The third kappa shape index (κ3) is 3.42. The van der Waals surface area contributed by atoms with Crippen LogP contribution in [0.5, 0.6) is 5.88 Å². The average Bonchev–Trinajstić information content (AvgIpc) is 2.46. The molecule has 6 nitrogen and oxygen atoms in total. The number of rotatable bonds is 5. The highest BCUT2D eigenvalue weighted by Gasteiger charge is 2.09. The zero-order valence-corrected chi connectivity index (χ0v) is 11.9. The van der Waals surface area contributed by atoms with Gasteiger partial charge in [-0.2, -0.15) is 0 Å². The van der Waals surface area contributed by atoms with Crippen molar-refractivity contribution in [3.63, 3.8) is 0 Å². The van der Waals surface area contributed by atoms with Gasteiger partial charge in [0.2, 0.25) is 5.88 Å². The molecule has 0 aliphatic carbocycles. The number of nitrogen functional groups attached to an aromatic ring is 1. The maximum atomic E-state index is 5.47. The number of nitrogens with one attached hydrogen (secondary N) is 1. The monoisotopic (exact) mass is 273 g/mol. The first-order valence-electron chi connectivity index (χ1n) is 6.48. The van der Waals surface area contributed by atoms with Crippen LogP contribution in [0.4, 0.5) is 5.82 Å². The van der Waals surface area contributed by atoms with Crippen LogP contribution in [-0.2, 0) is 6.42 Å². The average molecular weight is 273 g/mol. The van der Waals surface area contributed by atoms with E-state index in [0.717, 1.165) is 12.1 Å². The molecule has 0 aliphatic rings. The Labute approximate surface area is 118 Å². The lowest BCUT2D eigenvalue weighted by Gasteiger charge is -2.09. The minimum absolute atomic E-state index is 0.502. The lowest BCUT2D eigenvalue weighted by molar-refractivity contribution is 0.398. The fourth-order valence-electron chi connectivity index (χ4n) is 1.86. The van der Waals surface area contributed by atoms with Crippen LogP contribution >= 0.6 is 0 Å². The molecule has 0 spiro atoms. The molecular formula is C14H19N5O. The Bertz CT molecular complexity index is 586. The van der Waals surface area contributed by atoms with Gasteiger partial charge in [-0.25, -0.2) is 20.8 Å². The van der Waals surface area contributed by atoms with E-state index in [-0.39, 0.29) is 0 Å². The lowest BCUT2D eigenvalue weighted by atomic mass is 10.1. The fraction of sp³-hybridized carbons (Fsp3) is 0.357. The van der Waals surface area contributed by atoms with E-state index in [9.17, 15) is 0 Å². The minimum Gasteiger partial charge on any atom is -0.481 e. The van der Waals surface area contributed by atoms with Crippen LogP contribution in [0.15, 0.2) is 24.3 Å². The third-order valence-electron chi connectivity index (χ3n) is 2.71. The summed E-state index contributed by atoms with van der Waals surface area (Å²) in [5, 5.41) is 0. The predicted molar refractivity (Wildman–Crippen MR) is 78.2 cm³/mol. The second-order valence-electron chi connectivity index (χ2n) is 4.88. The van der Waals surface area contributed by atoms with Crippen LogP contribution in [-0.4, -0.2) is 22.1 Å². The zero-order chi connectivity index (χ0) is 14.5. The summed E-state index contributed by atoms with van der Waals surface area (Å²) < 4.78 is 5.12. The molecule has 0 aliphatic heterocycles. The van der Waals surface area contributed by atoms with Gasteiger partial charge in [-0.05, 0) is 18.4 Å². The van der Waals surface area contributed by atoms with E-state index in [1.165, 1.54) is 0 Å². The van der Waals surface area contributed by atoms with Crippen molar-refractivity contribution in [2.45, 2.75) is 20.3 Å². The van der Waals surface area contributed by atoms with Gasteiger partial charge in [-0.15, -0.1) is 0 Å². The first-order valence-corrected chi connectivity index (χ1v) is 6.48. The Morgan fingerprint density at radius 3 is 2.70 bits per heavy atom. The van der Waals surface area contributed by atoms with Crippen molar-refractivity contribution >= 4 is 5.82 Å². The van der Waals surface area contributed by atoms with Gasteiger partial charge in [-0.1, -0.05) is 19.9 Å². The summed E-state index contributed by atoms with van der Waals surface area (Å²) in [6.07, 6.45) is 0.855. The molecule has 0 unspecified atom stereocenters. The summed E-state index contributed by atoms with van der Waals surface area (Å²) in [5.41, 5.74) is 4.16. The van der Waals surface area contributed by atoms with Crippen molar-refractivity contribution in [3.8, 4) is 17.4 Å². The van der Waals surface area contributed by atoms with E-state index in [1.807, 2.05) is 18.2 Å². The van der Waals surface area contributed by atoms with Gasteiger partial charge in [0.25, 0.3) is 0 Å².